The summed E-state index contributed by atoms with van der Waals surface area (Å²) >= 11 is 0. The number of carbonyl (C=O) groups excluding carboxylic acids is 2. The molecule has 26 heavy (non-hydrogen) atoms. The van der Waals surface area contributed by atoms with Crippen LogP contribution >= 0.6 is 0 Å². The topological polar surface area (TPSA) is 58.2 Å². The van der Waals surface area contributed by atoms with Crippen LogP contribution < -0.4 is 10.6 Å². The molecule has 2 N–H and O–H groups in total. The fourth-order valence-corrected chi connectivity index (χ4v) is 4.19. The van der Waals surface area contributed by atoms with Crippen LogP contribution in [0.3, 0.4) is 0 Å². The molecule has 0 saturated heterocycles. The number of carbonyl (C=O) groups is 2. The summed E-state index contributed by atoms with van der Waals surface area (Å²) < 4.78 is 0. The molecule has 2 aliphatic rings. The first-order valence-electron chi connectivity index (χ1n) is 9.46. The average molecular weight is 348 g/mol. The molecule has 0 spiro atoms. The van der Waals surface area contributed by atoms with Crippen LogP contribution in [0.4, 0.5) is 5.69 Å². The van der Waals surface area contributed by atoms with E-state index in [0.717, 1.165) is 31.2 Å². The molecule has 2 aromatic rings. The van der Waals surface area contributed by atoms with E-state index in [1.165, 1.54) is 6.42 Å². The smallest absolute Gasteiger partial charge is 0.253 e. The van der Waals surface area contributed by atoms with Crippen molar-refractivity contribution in [2.45, 2.75) is 50.1 Å². The van der Waals surface area contributed by atoms with Crippen LogP contribution in [0.25, 0.3) is 0 Å². The summed E-state index contributed by atoms with van der Waals surface area (Å²) in [5.41, 5.74) is 0.944. The zero-order valence-electron chi connectivity index (χ0n) is 14.8. The number of anilines is 1. The van der Waals surface area contributed by atoms with Crippen LogP contribution in [0, 0.1) is 0 Å². The van der Waals surface area contributed by atoms with Gasteiger partial charge in [0.1, 0.15) is 0 Å². The predicted octanol–water partition coefficient (Wildman–Crippen LogP) is 3.73. The van der Waals surface area contributed by atoms with Gasteiger partial charge in [-0.1, -0.05) is 61.7 Å². The lowest BCUT2D eigenvalue weighted by Crippen LogP contribution is -2.66. The van der Waals surface area contributed by atoms with E-state index in [0.29, 0.717) is 17.7 Å². The van der Waals surface area contributed by atoms with Crippen molar-refractivity contribution >= 4 is 17.4 Å². The molecule has 4 rings (SSSR count). The molecule has 1 saturated carbocycles. The molecule has 1 fully saturated rings. The number of nitrogens with one attached hydrogen (secondary N) is 2. The van der Waals surface area contributed by atoms with Gasteiger partial charge in [0.25, 0.3) is 5.91 Å². The number of rotatable bonds is 4. The Kier molecular flexibility index (Phi) is 4.60. The second-order valence-corrected chi connectivity index (χ2v) is 7.38. The second kappa shape index (κ2) is 7.04. The molecule has 1 atom stereocenters. The summed E-state index contributed by atoms with van der Waals surface area (Å²) in [6.45, 7) is 0. The highest BCUT2D eigenvalue weighted by atomic mass is 16.2. The van der Waals surface area contributed by atoms with Crippen molar-refractivity contribution in [2.75, 3.05) is 5.32 Å². The standard InChI is InChI=1S/C22H24N2O2/c25-20-18-13-7-8-14-19(18)23-21(26)22(20,15-16-9-3-1-4-10-16)24-17-11-5-2-6-12-17/h1,3-4,7-10,13-14,17,24H,2,5-6,11-12,15H2,(H,23,26). The van der Waals surface area contributed by atoms with Gasteiger partial charge in [0, 0.05) is 18.0 Å². The van der Waals surface area contributed by atoms with Crippen molar-refractivity contribution in [3.05, 3.63) is 65.7 Å². The monoisotopic (exact) mass is 348 g/mol. The third kappa shape index (κ3) is 3.06. The molecule has 1 aliphatic carbocycles. The highest BCUT2D eigenvalue weighted by Crippen LogP contribution is 2.32. The van der Waals surface area contributed by atoms with E-state index in [1.54, 1.807) is 12.1 Å². The number of hydrogen-bond acceptors (Lipinski definition) is 3. The summed E-state index contributed by atoms with van der Waals surface area (Å²) in [4.78, 5) is 26.7. The lowest BCUT2D eigenvalue weighted by atomic mass is 9.78. The maximum absolute atomic E-state index is 13.5. The highest BCUT2D eigenvalue weighted by Gasteiger charge is 2.50. The van der Waals surface area contributed by atoms with E-state index < -0.39 is 5.54 Å². The normalized spacial score (nSPS) is 23.4. The van der Waals surface area contributed by atoms with Crippen molar-refractivity contribution in [3.63, 3.8) is 0 Å². The molecule has 4 nitrogen and oxygen atoms in total. The second-order valence-electron chi connectivity index (χ2n) is 7.38. The molecule has 0 bridgehead atoms. The van der Waals surface area contributed by atoms with Crippen LogP contribution in [0.1, 0.15) is 48.0 Å². The lowest BCUT2D eigenvalue weighted by molar-refractivity contribution is -0.121. The van der Waals surface area contributed by atoms with Gasteiger partial charge >= 0.3 is 0 Å². The van der Waals surface area contributed by atoms with Crippen LogP contribution in [0.2, 0.25) is 0 Å². The van der Waals surface area contributed by atoms with Crippen molar-refractivity contribution < 1.29 is 9.59 Å². The van der Waals surface area contributed by atoms with Gasteiger partial charge in [0.2, 0.25) is 0 Å². The Balaban J connectivity index is 1.74. The van der Waals surface area contributed by atoms with Gasteiger partial charge in [-0.15, -0.1) is 0 Å². The predicted molar refractivity (Wildman–Crippen MR) is 102 cm³/mol. The van der Waals surface area contributed by atoms with Gasteiger partial charge in [0.05, 0.1) is 5.69 Å². The van der Waals surface area contributed by atoms with Gasteiger partial charge in [-0.3, -0.25) is 14.9 Å². The minimum absolute atomic E-state index is 0.119. The largest absolute Gasteiger partial charge is 0.323 e. The Morgan fingerprint density at radius 1 is 0.923 bits per heavy atom. The summed E-state index contributed by atoms with van der Waals surface area (Å²) in [5.74, 6) is -0.359. The Hall–Kier alpha value is -2.46. The minimum Gasteiger partial charge on any atom is -0.323 e. The van der Waals surface area contributed by atoms with E-state index in [4.69, 9.17) is 0 Å². The Morgan fingerprint density at radius 3 is 2.38 bits per heavy atom. The first-order valence-corrected chi connectivity index (χ1v) is 9.46. The van der Waals surface area contributed by atoms with Crippen LogP contribution in [0.5, 0.6) is 0 Å². The Bertz CT molecular complexity index is 812. The molecular formula is C22H24N2O2. The summed E-state index contributed by atoms with van der Waals surface area (Å²) in [7, 11) is 0. The molecule has 0 radical (unpaired) electrons. The molecule has 4 heteroatoms. The highest BCUT2D eigenvalue weighted by molar-refractivity contribution is 6.27. The summed E-state index contributed by atoms with van der Waals surface area (Å²) in [6.07, 6.45) is 5.91. The first-order chi connectivity index (χ1) is 12.7. The van der Waals surface area contributed by atoms with E-state index in [9.17, 15) is 9.59 Å². The zero-order valence-corrected chi connectivity index (χ0v) is 14.8. The average Bonchev–Trinajstić information content (AvgIpc) is 2.68. The SMILES string of the molecule is O=C1Nc2ccccc2C(=O)C1(Cc1ccccc1)NC1CCCCC1. The number of ketones is 1. The Morgan fingerprint density at radius 2 is 1.62 bits per heavy atom. The van der Waals surface area contributed by atoms with E-state index >= 15 is 0 Å². The number of benzene rings is 2. The van der Waals surface area contributed by atoms with E-state index in [1.807, 2.05) is 42.5 Å². The number of fused-ring (bicyclic) bond motifs is 1. The van der Waals surface area contributed by atoms with Gasteiger partial charge in [-0.05, 0) is 30.5 Å². The summed E-state index contributed by atoms with van der Waals surface area (Å²) in [6, 6.07) is 17.3. The molecule has 2 aromatic carbocycles. The maximum atomic E-state index is 13.5. The van der Waals surface area contributed by atoms with Gasteiger partial charge < -0.3 is 5.32 Å². The van der Waals surface area contributed by atoms with Gasteiger partial charge in [0.15, 0.2) is 11.3 Å². The van der Waals surface area contributed by atoms with Crippen LogP contribution in [0.15, 0.2) is 54.6 Å². The van der Waals surface area contributed by atoms with Gasteiger partial charge in [-0.25, -0.2) is 0 Å². The van der Waals surface area contributed by atoms with Gasteiger partial charge in [-0.2, -0.15) is 0 Å². The van der Waals surface area contributed by atoms with Crippen LogP contribution in [-0.2, 0) is 11.2 Å². The van der Waals surface area contributed by atoms with Crippen LogP contribution in [-0.4, -0.2) is 23.3 Å². The first kappa shape index (κ1) is 17.0. The molecule has 134 valence electrons. The fourth-order valence-electron chi connectivity index (χ4n) is 4.19. The molecule has 0 aromatic heterocycles. The quantitative estimate of drug-likeness (QED) is 0.828. The van der Waals surface area contributed by atoms with Crippen molar-refractivity contribution in [1.82, 2.24) is 5.32 Å². The molecule has 1 amide bonds. The fraction of sp³-hybridized carbons (Fsp3) is 0.364. The number of hydrogen-bond donors (Lipinski definition) is 2. The third-order valence-electron chi connectivity index (χ3n) is 5.56. The van der Waals surface area contributed by atoms with Crippen molar-refractivity contribution in [1.29, 1.82) is 0 Å². The minimum atomic E-state index is -1.24. The lowest BCUT2D eigenvalue weighted by Gasteiger charge is -2.40. The number of Topliss-reactive ketones (excluding diaryl/α,β-unsaturated/α-hetero) is 1. The van der Waals surface area contributed by atoms with Crippen molar-refractivity contribution in [3.8, 4) is 0 Å². The third-order valence-corrected chi connectivity index (χ3v) is 5.56. The number of para-hydroxylation sites is 1. The van der Waals surface area contributed by atoms with Crippen molar-refractivity contribution in [2.24, 2.45) is 0 Å². The molecule has 1 aliphatic heterocycles. The Labute approximate surface area is 154 Å². The van der Waals surface area contributed by atoms with E-state index in [2.05, 4.69) is 10.6 Å². The molecular weight excluding hydrogens is 324 g/mol. The zero-order chi connectivity index (χ0) is 18.0. The van der Waals surface area contributed by atoms with E-state index in [-0.39, 0.29) is 17.7 Å². The molecule has 1 heterocycles. The number of amides is 1. The maximum Gasteiger partial charge on any atom is 0.253 e. The molecule has 1 unspecified atom stereocenters. The summed E-state index contributed by atoms with van der Waals surface area (Å²) in [5, 5.41) is 6.47.